The average molecular weight is 308 g/mol. The minimum atomic E-state index is -3.99. The highest BCUT2D eigenvalue weighted by molar-refractivity contribution is 7.86. The van der Waals surface area contributed by atoms with Crippen LogP contribution >= 0.6 is 0 Å². The second-order valence-corrected chi connectivity index (χ2v) is 6.40. The molecule has 0 radical (unpaired) electrons. The summed E-state index contributed by atoms with van der Waals surface area (Å²) < 4.78 is 29.1. The molecule has 1 aromatic carbocycles. The van der Waals surface area contributed by atoms with E-state index >= 15 is 0 Å². The van der Waals surface area contributed by atoms with Gasteiger partial charge in [0, 0.05) is 6.54 Å². The van der Waals surface area contributed by atoms with E-state index in [1.165, 1.54) is 24.0 Å². The number of nitrogens with zero attached hydrogens (tertiary/aromatic N) is 2. The van der Waals surface area contributed by atoms with Crippen molar-refractivity contribution in [3.63, 3.8) is 0 Å². The van der Waals surface area contributed by atoms with Gasteiger partial charge < -0.3 is 4.90 Å². The van der Waals surface area contributed by atoms with Crippen molar-refractivity contribution in [3.05, 3.63) is 30.3 Å². The van der Waals surface area contributed by atoms with Crippen molar-refractivity contribution in [1.29, 1.82) is 5.26 Å². The second kappa shape index (κ2) is 6.24. The summed E-state index contributed by atoms with van der Waals surface area (Å²) in [5.41, 5.74) is 0. The van der Waals surface area contributed by atoms with E-state index in [9.17, 15) is 13.2 Å². The minimum Gasteiger partial charge on any atom is -0.324 e. The molecule has 1 heterocycles. The summed E-state index contributed by atoms with van der Waals surface area (Å²) in [6.45, 7) is 1.84. The van der Waals surface area contributed by atoms with Crippen molar-refractivity contribution >= 4 is 16.0 Å². The van der Waals surface area contributed by atoms with E-state index < -0.39 is 28.2 Å². The zero-order valence-corrected chi connectivity index (χ0v) is 12.4. The predicted octanol–water partition coefficient (Wildman–Crippen LogP) is 1.29. The Morgan fingerprint density at radius 2 is 2.10 bits per heavy atom. The first-order chi connectivity index (χ1) is 9.95. The standard InChI is InChI=1S/C14H16N2O4S/c1-11(14(17)16-9-5-6-12(16)10-15)20-21(18,19)13-7-3-2-4-8-13/h2-4,7-8,11-12H,5-6,9H2,1H3. The maximum atomic E-state index is 12.2. The van der Waals surface area contributed by atoms with E-state index in [2.05, 4.69) is 0 Å². The Morgan fingerprint density at radius 3 is 2.71 bits per heavy atom. The molecule has 6 nitrogen and oxygen atoms in total. The van der Waals surface area contributed by atoms with Gasteiger partial charge in [-0.15, -0.1) is 0 Å². The van der Waals surface area contributed by atoms with Crippen LogP contribution in [0.15, 0.2) is 35.2 Å². The number of hydrogen-bond acceptors (Lipinski definition) is 5. The van der Waals surface area contributed by atoms with Crippen LogP contribution in [0.25, 0.3) is 0 Å². The van der Waals surface area contributed by atoms with Gasteiger partial charge in [-0.3, -0.25) is 8.98 Å². The first-order valence-corrected chi connectivity index (χ1v) is 8.05. The summed E-state index contributed by atoms with van der Waals surface area (Å²) in [5, 5.41) is 8.97. The van der Waals surface area contributed by atoms with Gasteiger partial charge in [-0.2, -0.15) is 13.7 Å². The van der Waals surface area contributed by atoms with E-state index in [1.807, 2.05) is 6.07 Å². The largest absolute Gasteiger partial charge is 0.324 e. The number of nitriles is 1. The van der Waals surface area contributed by atoms with E-state index in [-0.39, 0.29) is 4.90 Å². The summed E-state index contributed by atoms with van der Waals surface area (Å²) in [4.78, 5) is 13.6. The van der Waals surface area contributed by atoms with Crippen molar-refractivity contribution in [1.82, 2.24) is 4.90 Å². The monoisotopic (exact) mass is 308 g/mol. The van der Waals surface area contributed by atoms with Crippen molar-refractivity contribution < 1.29 is 17.4 Å². The first-order valence-electron chi connectivity index (χ1n) is 6.64. The predicted molar refractivity (Wildman–Crippen MR) is 74.5 cm³/mol. The topological polar surface area (TPSA) is 87.5 Å². The molecule has 1 aromatic rings. The van der Waals surface area contributed by atoms with Gasteiger partial charge in [-0.25, -0.2) is 0 Å². The molecule has 0 spiro atoms. The molecule has 2 unspecified atom stereocenters. The Balaban J connectivity index is 2.09. The molecular weight excluding hydrogens is 292 g/mol. The Morgan fingerprint density at radius 1 is 1.43 bits per heavy atom. The summed E-state index contributed by atoms with van der Waals surface area (Å²) in [6, 6.07) is 9.20. The summed E-state index contributed by atoms with van der Waals surface area (Å²) in [7, 11) is -3.99. The molecule has 0 saturated carbocycles. The SMILES string of the molecule is CC(OS(=O)(=O)c1ccccc1)C(=O)N1CCCC1C#N. The normalized spacial score (nSPS) is 20.0. The van der Waals surface area contributed by atoms with Gasteiger partial charge >= 0.3 is 0 Å². The van der Waals surface area contributed by atoms with E-state index in [0.717, 1.165) is 6.42 Å². The van der Waals surface area contributed by atoms with Crippen LogP contribution in [0.2, 0.25) is 0 Å². The average Bonchev–Trinajstić information content (AvgIpc) is 2.95. The van der Waals surface area contributed by atoms with Gasteiger partial charge in [0.15, 0.2) is 6.10 Å². The van der Waals surface area contributed by atoms with E-state index in [1.54, 1.807) is 18.2 Å². The summed E-state index contributed by atoms with van der Waals surface area (Å²) in [6.07, 6.45) is 0.201. The maximum absolute atomic E-state index is 12.2. The Bertz CT molecular complexity index is 651. The lowest BCUT2D eigenvalue weighted by Crippen LogP contribution is -2.42. The van der Waals surface area contributed by atoms with Crippen LogP contribution in [0.1, 0.15) is 19.8 Å². The molecule has 1 aliphatic rings. The van der Waals surface area contributed by atoms with Crippen LogP contribution in [0, 0.1) is 11.3 Å². The second-order valence-electron chi connectivity index (χ2n) is 4.82. The molecule has 0 N–H and O–H groups in total. The third kappa shape index (κ3) is 3.40. The number of carbonyl (C=O) groups excluding carboxylic acids is 1. The third-order valence-corrected chi connectivity index (χ3v) is 4.73. The molecule has 7 heteroatoms. The Labute approximate surface area is 124 Å². The van der Waals surface area contributed by atoms with Crippen LogP contribution in [-0.4, -0.2) is 37.9 Å². The quantitative estimate of drug-likeness (QED) is 0.782. The Hall–Kier alpha value is -1.91. The number of hydrogen-bond donors (Lipinski definition) is 0. The molecule has 1 amide bonds. The molecule has 1 fully saturated rings. The zero-order chi connectivity index (χ0) is 15.5. The van der Waals surface area contributed by atoms with Crippen LogP contribution in [0.5, 0.6) is 0 Å². The fourth-order valence-electron chi connectivity index (χ4n) is 2.27. The fraction of sp³-hybridized carbons (Fsp3) is 0.429. The van der Waals surface area contributed by atoms with Gasteiger partial charge in [0.2, 0.25) is 0 Å². The van der Waals surface area contributed by atoms with Gasteiger partial charge in [-0.05, 0) is 31.9 Å². The molecular formula is C14H16N2O4S. The maximum Gasteiger partial charge on any atom is 0.297 e. The highest BCUT2D eigenvalue weighted by Gasteiger charge is 2.34. The Kier molecular flexibility index (Phi) is 4.60. The van der Waals surface area contributed by atoms with Crippen molar-refractivity contribution in [2.75, 3.05) is 6.54 Å². The van der Waals surface area contributed by atoms with Crippen molar-refractivity contribution in [3.8, 4) is 6.07 Å². The molecule has 0 aromatic heterocycles. The van der Waals surface area contributed by atoms with Crippen LogP contribution in [-0.2, 0) is 19.1 Å². The van der Waals surface area contributed by atoms with Gasteiger partial charge in [0.1, 0.15) is 6.04 Å². The summed E-state index contributed by atoms with van der Waals surface area (Å²) in [5.74, 6) is -0.474. The van der Waals surface area contributed by atoms with Crippen molar-refractivity contribution in [2.24, 2.45) is 0 Å². The molecule has 2 rings (SSSR count). The number of benzene rings is 1. The molecule has 1 saturated heterocycles. The summed E-state index contributed by atoms with van der Waals surface area (Å²) >= 11 is 0. The first kappa shape index (κ1) is 15.5. The number of rotatable bonds is 4. The number of amides is 1. The van der Waals surface area contributed by atoms with E-state index in [4.69, 9.17) is 9.44 Å². The smallest absolute Gasteiger partial charge is 0.297 e. The fourth-order valence-corrected chi connectivity index (χ4v) is 3.34. The lowest BCUT2D eigenvalue weighted by atomic mass is 10.2. The molecule has 112 valence electrons. The van der Waals surface area contributed by atoms with Gasteiger partial charge in [0.25, 0.3) is 16.0 Å². The van der Waals surface area contributed by atoms with Crippen LogP contribution in [0.3, 0.4) is 0 Å². The lowest BCUT2D eigenvalue weighted by molar-refractivity contribution is -0.137. The number of likely N-dealkylation sites (tertiary alicyclic amines) is 1. The van der Waals surface area contributed by atoms with Crippen molar-refractivity contribution in [2.45, 2.75) is 36.8 Å². The highest BCUT2D eigenvalue weighted by atomic mass is 32.2. The highest BCUT2D eigenvalue weighted by Crippen LogP contribution is 2.20. The number of carbonyl (C=O) groups is 1. The molecule has 2 atom stereocenters. The van der Waals surface area contributed by atoms with Crippen LogP contribution < -0.4 is 0 Å². The van der Waals surface area contributed by atoms with Crippen LogP contribution in [0.4, 0.5) is 0 Å². The zero-order valence-electron chi connectivity index (χ0n) is 11.6. The molecule has 0 bridgehead atoms. The molecule has 0 aliphatic carbocycles. The molecule has 1 aliphatic heterocycles. The minimum absolute atomic E-state index is 0.00269. The van der Waals surface area contributed by atoms with E-state index in [0.29, 0.717) is 13.0 Å². The lowest BCUT2D eigenvalue weighted by Gasteiger charge is -2.23. The van der Waals surface area contributed by atoms with Gasteiger partial charge in [-0.1, -0.05) is 18.2 Å². The third-order valence-electron chi connectivity index (χ3n) is 3.34. The van der Waals surface area contributed by atoms with Gasteiger partial charge in [0.05, 0.1) is 11.0 Å². The molecule has 21 heavy (non-hydrogen) atoms.